The quantitative estimate of drug-likeness (QED) is 0.760. The number of carbonyl (C=O) groups is 1. The highest BCUT2D eigenvalue weighted by Crippen LogP contribution is 2.20. The van der Waals surface area contributed by atoms with Crippen LogP contribution in [0.4, 0.5) is 0 Å². The first-order valence-electron chi connectivity index (χ1n) is 7.21. The van der Waals surface area contributed by atoms with Crippen molar-refractivity contribution in [3.63, 3.8) is 0 Å². The van der Waals surface area contributed by atoms with E-state index in [-0.39, 0.29) is 5.91 Å². The Hall–Kier alpha value is -1.56. The minimum Gasteiger partial charge on any atom is -0.385 e. The lowest BCUT2D eigenvalue weighted by atomic mass is 10.2. The Labute approximate surface area is 135 Å². The van der Waals surface area contributed by atoms with E-state index in [0.29, 0.717) is 37.0 Å². The molecule has 1 aromatic carbocycles. The van der Waals surface area contributed by atoms with Gasteiger partial charge in [0.05, 0.1) is 6.61 Å². The van der Waals surface area contributed by atoms with Gasteiger partial charge < -0.3 is 19.4 Å². The monoisotopic (exact) mass is 324 g/mol. The number of amides is 1. The summed E-state index contributed by atoms with van der Waals surface area (Å²) in [5.74, 6) is -0.0412. The van der Waals surface area contributed by atoms with Gasteiger partial charge in [0, 0.05) is 49.8 Å². The lowest BCUT2D eigenvalue weighted by molar-refractivity contribution is 0.0669. The van der Waals surface area contributed by atoms with Crippen molar-refractivity contribution in [2.24, 2.45) is 0 Å². The molecule has 5 nitrogen and oxygen atoms in total. The van der Waals surface area contributed by atoms with Crippen LogP contribution in [0.2, 0.25) is 5.02 Å². The van der Waals surface area contributed by atoms with E-state index in [1.807, 2.05) is 24.3 Å². The smallest absolute Gasteiger partial charge is 0.270 e. The number of aromatic amines is 1. The maximum atomic E-state index is 12.7. The molecule has 0 aliphatic carbocycles. The first-order valence-corrected chi connectivity index (χ1v) is 7.59. The molecule has 0 saturated heterocycles. The number of H-pyrrole nitrogens is 1. The largest absolute Gasteiger partial charge is 0.385 e. The molecule has 2 aromatic rings. The molecule has 1 aromatic heterocycles. The van der Waals surface area contributed by atoms with Gasteiger partial charge in [-0.15, -0.1) is 0 Å². The molecule has 0 radical (unpaired) electrons. The molecular formula is C16H21ClN2O3. The Kier molecular flexibility index (Phi) is 6.24. The van der Waals surface area contributed by atoms with Gasteiger partial charge in [0.15, 0.2) is 0 Å². The number of halogens is 1. The van der Waals surface area contributed by atoms with E-state index in [2.05, 4.69) is 4.98 Å². The molecule has 1 N–H and O–H groups in total. The van der Waals surface area contributed by atoms with E-state index in [9.17, 15) is 4.79 Å². The Bertz CT molecular complexity index is 627. The third-order valence-corrected chi connectivity index (χ3v) is 3.68. The molecule has 1 amide bonds. The fourth-order valence-electron chi connectivity index (χ4n) is 2.30. The average Bonchev–Trinajstić information content (AvgIpc) is 2.93. The van der Waals surface area contributed by atoms with Crippen LogP contribution >= 0.6 is 11.6 Å². The number of benzene rings is 1. The van der Waals surface area contributed by atoms with E-state index in [0.717, 1.165) is 17.3 Å². The number of aromatic nitrogens is 1. The number of nitrogens with zero attached hydrogens (tertiary/aromatic N) is 1. The normalized spacial score (nSPS) is 11.0. The van der Waals surface area contributed by atoms with Crippen molar-refractivity contribution in [1.82, 2.24) is 9.88 Å². The Morgan fingerprint density at radius 1 is 1.18 bits per heavy atom. The molecule has 0 spiro atoms. The van der Waals surface area contributed by atoms with Gasteiger partial charge in [-0.2, -0.15) is 0 Å². The molecule has 0 aliphatic heterocycles. The van der Waals surface area contributed by atoms with E-state index >= 15 is 0 Å². The molecule has 0 bridgehead atoms. The van der Waals surface area contributed by atoms with Crippen LogP contribution in [0.3, 0.4) is 0 Å². The van der Waals surface area contributed by atoms with Crippen LogP contribution < -0.4 is 0 Å². The third kappa shape index (κ3) is 4.22. The summed E-state index contributed by atoms with van der Waals surface area (Å²) >= 11 is 5.98. The van der Waals surface area contributed by atoms with E-state index in [1.165, 1.54) is 0 Å². The van der Waals surface area contributed by atoms with Crippen molar-refractivity contribution in [1.29, 1.82) is 0 Å². The minimum atomic E-state index is -0.0412. The maximum absolute atomic E-state index is 12.7. The number of hydrogen-bond acceptors (Lipinski definition) is 3. The summed E-state index contributed by atoms with van der Waals surface area (Å²) in [6, 6.07) is 7.38. The molecular weight excluding hydrogens is 304 g/mol. The molecule has 0 fully saturated rings. The second-order valence-corrected chi connectivity index (χ2v) is 5.48. The van der Waals surface area contributed by atoms with Crippen LogP contribution in [0.15, 0.2) is 24.3 Å². The van der Waals surface area contributed by atoms with Crippen LogP contribution in [0.5, 0.6) is 0 Å². The van der Waals surface area contributed by atoms with E-state index < -0.39 is 0 Å². The topological polar surface area (TPSA) is 54.6 Å². The molecule has 1 heterocycles. The van der Waals surface area contributed by atoms with Crippen LogP contribution in [0.1, 0.15) is 16.9 Å². The molecule has 0 aliphatic rings. The van der Waals surface area contributed by atoms with Gasteiger partial charge in [-0.25, -0.2) is 0 Å². The summed E-state index contributed by atoms with van der Waals surface area (Å²) in [4.78, 5) is 17.6. The zero-order valence-electron chi connectivity index (χ0n) is 12.9. The summed E-state index contributed by atoms with van der Waals surface area (Å²) in [7, 11) is 3.28. The van der Waals surface area contributed by atoms with Gasteiger partial charge in [0.2, 0.25) is 0 Å². The van der Waals surface area contributed by atoms with Crippen molar-refractivity contribution in [3.8, 4) is 0 Å². The summed E-state index contributed by atoms with van der Waals surface area (Å²) in [6.45, 7) is 2.31. The van der Waals surface area contributed by atoms with Crippen molar-refractivity contribution >= 4 is 28.4 Å². The van der Waals surface area contributed by atoms with E-state index in [4.69, 9.17) is 21.1 Å². The highest BCUT2D eigenvalue weighted by Gasteiger charge is 2.17. The first-order chi connectivity index (χ1) is 10.7. The Morgan fingerprint density at radius 3 is 2.68 bits per heavy atom. The number of hydrogen-bond donors (Lipinski definition) is 1. The predicted molar refractivity (Wildman–Crippen MR) is 87.6 cm³/mol. The average molecular weight is 325 g/mol. The fourth-order valence-corrected chi connectivity index (χ4v) is 2.47. The molecule has 120 valence electrons. The minimum absolute atomic E-state index is 0.0412. The zero-order valence-corrected chi connectivity index (χ0v) is 13.7. The highest BCUT2D eigenvalue weighted by molar-refractivity contribution is 6.31. The van der Waals surface area contributed by atoms with Gasteiger partial charge in [0.1, 0.15) is 5.69 Å². The van der Waals surface area contributed by atoms with Crippen molar-refractivity contribution in [2.75, 3.05) is 40.5 Å². The van der Waals surface area contributed by atoms with Crippen LogP contribution in [0.25, 0.3) is 10.9 Å². The van der Waals surface area contributed by atoms with Crippen LogP contribution in [-0.4, -0.2) is 56.3 Å². The molecule has 0 saturated carbocycles. The van der Waals surface area contributed by atoms with Crippen molar-refractivity contribution in [2.45, 2.75) is 6.42 Å². The van der Waals surface area contributed by atoms with Crippen LogP contribution in [0, 0.1) is 0 Å². The van der Waals surface area contributed by atoms with Crippen molar-refractivity contribution in [3.05, 3.63) is 35.0 Å². The number of carbonyl (C=O) groups excluding carboxylic acids is 1. The molecule has 0 unspecified atom stereocenters. The van der Waals surface area contributed by atoms with Gasteiger partial charge in [-0.1, -0.05) is 17.7 Å². The molecule has 2 rings (SSSR count). The summed E-state index contributed by atoms with van der Waals surface area (Å²) in [6.07, 6.45) is 0.790. The Balaban J connectivity index is 2.15. The lowest BCUT2D eigenvalue weighted by Gasteiger charge is -2.21. The molecule has 6 heteroatoms. The van der Waals surface area contributed by atoms with Crippen LogP contribution in [-0.2, 0) is 9.47 Å². The maximum Gasteiger partial charge on any atom is 0.270 e. The predicted octanol–water partition coefficient (Wildman–Crippen LogP) is 2.95. The van der Waals surface area contributed by atoms with Gasteiger partial charge in [-0.3, -0.25) is 4.79 Å². The third-order valence-electron chi connectivity index (χ3n) is 3.44. The lowest BCUT2D eigenvalue weighted by Crippen LogP contribution is -2.35. The number of fused-ring (bicyclic) bond motifs is 1. The molecule has 0 atom stereocenters. The highest BCUT2D eigenvalue weighted by atomic mass is 35.5. The fraction of sp³-hybridized carbons (Fsp3) is 0.438. The second-order valence-electron chi connectivity index (χ2n) is 5.05. The second kappa shape index (κ2) is 8.17. The number of methoxy groups -OCH3 is 2. The zero-order chi connectivity index (χ0) is 15.9. The van der Waals surface area contributed by atoms with Gasteiger partial charge in [-0.05, 0) is 24.6 Å². The standard InChI is InChI=1S/C16H21ClN2O3/c1-21-8-3-6-19(7-9-22-2)16(20)15-10-12-4-5-13(17)11-14(12)18-15/h4-5,10-11,18H,3,6-9H2,1-2H3. The number of rotatable bonds is 8. The van der Waals surface area contributed by atoms with Gasteiger partial charge in [0.25, 0.3) is 5.91 Å². The molecule has 22 heavy (non-hydrogen) atoms. The summed E-state index contributed by atoms with van der Waals surface area (Å²) in [5, 5.41) is 1.61. The first kappa shape index (κ1) is 16.8. The van der Waals surface area contributed by atoms with Crippen molar-refractivity contribution < 1.29 is 14.3 Å². The summed E-state index contributed by atoms with van der Waals surface area (Å²) < 4.78 is 10.1. The number of nitrogens with one attached hydrogen (secondary N) is 1. The summed E-state index contributed by atoms with van der Waals surface area (Å²) in [5.41, 5.74) is 1.42. The Morgan fingerprint density at radius 2 is 1.95 bits per heavy atom. The number of ether oxygens (including phenoxy) is 2. The van der Waals surface area contributed by atoms with Gasteiger partial charge >= 0.3 is 0 Å². The van der Waals surface area contributed by atoms with E-state index in [1.54, 1.807) is 19.1 Å². The SMILES string of the molecule is COCCCN(CCOC)C(=O)c1cc2ccc(Cl)cc2[nH]1.